The summed E-state index contributed by atoms with van der Waals surface area (Å²) in [4.78, 5) is 11.2. The SMILES string of the molecule is O=C(O)C(O)c1c2c(c(Br)c3c1OCCC3)OCCC2. The van der Waals surface area contributed by atoms with Gasteiger partial charge in [-0.2, -0.15) is 0 Å². The first-order valence-electron chi connectivity index (χ1n) is 6.64. The summed E-state index contributed by atoms with van der Waals surface area (Å²) >= 11 is 3.54. The van der Waals surface area contributed by atoms with E-state index in [1.165, 1.54) is 0 Å². The van der Waals surface area contributed by atoms with Gasteiger partial charge in [-0.25, -0.2) is 4.79 Å². The average molecular weight is 343 g/mol. The minimum Gasteiger partial charge on any atom is -0.493 e. The van der Waals surface area contributed by atoms with Crippen molar-refractivity contribution in [3.63, 3.8) is 0 Å². The molecule has 2 N–H and O–H groups in total. The Morgan fingerprint density at radius 3 is 2.35 bits per heavy atom. The lowest BCUT2D eigenvalue weighted by molar-refractivity contribution is -0.147. The Balaban J connectivity index is 2.27. The molecule has 6 heteroatoms. The first-order valence-corrected chi connectivity index (χ1v) is 7.44. The zero-order valence-electron chi connectivity index (χ0n) is 10.8. The largest absolute Gasteiger partial charge is 0.493 e. The molecule has 0 radical (unpaired) electrons. The summed E-state index contributed by atoms with van der Waals surface area (Å²) in [5, 5.41) is 19.2. The molecule has 0 amide bonds. The summed E-state index contributed by atoms with van der Waals surface area (Å²) in [6.45, 7) is 1.15. The van der Waals surface area contributed by atoms with Crippen LogP contribution in [0.2, 0.25) is 0 Å². The van der Waals surface area contributed by atoms with Crippen molar-refractivity contribution < 1.29 is 24.5 Å². The molecule has 1 atom stereocenters. The van der Waals surface area contributed by atoms with Crippen LogP contribution in [0.5, 0.6) is 11.5 Å². The summed E-state index contributed by atoms with van der Waals surface area (Å²) in [5.74, 6) is -0.0884. The van der Waals surface area contributed by atoms with Crippen LogP contribution in [0.1, 0.15) is 35.6 Å². The smallest absolute Gasteiger partial charge is 0.337 e. The second-order valence-electron chi connectivity index (χ2n) is 4.99. The number of benzene rings is 1. The maximum absolute atomic E-state index is 11.2. The number of fused-ring (bicyclic) bond motifs is 2. The molecular formula is C14H15BrO5. The summed E-state index contributed by atoms with van der Waals surface area (Å²) in [6, 6.07) is 0. The molecule has 0 saturated carbocycles. The number of rotatable bonds is 2. The molecule has 108 valence electrons. The molecule has 0 fully saturated rings. The number of aliphatic hydroxyl groups excluding tert-OH is 1. The Hall–Kier alpha value is -1.27. The highest BCUT2D eigenvalue weighted by molar-refractivity contribution is 9.10. The number of carboxylic acid groups (broad SMARTS) is 1. The van der Waals surface area contributed by atoms with Gasteiger partial charge in [-0.1, -0.05) is 0 Å². The maximum Gasteiger partial charge on any atom is 0.337 e. The molecule has 2 aliphatic heterocycles. The van der Waals surface area contributed by atoms with E-state index in [4.69, 9.17) is 14.6 Å². The van der Waals surface area contributed by atoms with Crippen LogP contribution in [-0.2, 0) is 17.6 Å². The fourth-order valence-corrected chi connectivity index (χ4v) is 3.57. The van der Waals surface area contributed by atoms with E-state index in [0.29, 0.717) is 36.7 Å². The van der Waals surface area contributed by atoms with E-state index in [2.05, 4.69) is 15.9 Å². The predicted octanol–water partition coefficient (Wildman–Crippen LogP) is 2.22. The van der Waals surface area contributed by atoms with Crippen LogP contribution < -0.4 is 9.47 Å². The van der Waals surface area contributed by atoms with Crippen molar-refractivity contribution in [2.45, 2.75) is 31.8 Å². The molecule has 1 unspecified atom stereocenters. The molecule has 5 nitrogen and oxygen atoms in total. The number of aliphatic carboxylic acids is 1. The fraction of sp³-hybridized carbons (Fsp3) is 0.500. The lowest BCUT2D eigenvalue weighted by atomic mass is 9.90. The molecule has 1 aromatic rings. The van der Waals surface area contributed by atoms with Gasteiger partial charge in [-0.3, -0.25) is 0 Å². The normalized spacial score (nSPS) is 18.3. The molecular weight excluding hydrogens is 328 g/mol. The Kier molecular flexibility index (Phi) is 3.60. The zero-order valence-corrected chi connectivity index (χ0v) is 12.4. The van der Waals surface area contributed by atoms with Crippen LogP contribution in [0, 0.1) is 0 Å². The second-order valence-corrected chi connectivity index (χ2v) is 5.78. The van der Waals surface area contributed by atoms with E-state index in [1.54, 1.807) is 0 Å². The monoisotopic (exact) mass is 342 g/mol. The predicted molar refractivity (Wildman–Crippen MR) is 74.4 cm³/mol. The van der Waals surface area contributed by atoms with Crippen molar-refractivity contribution in [1.29, 1.82) is 0 Å². The third-order valence-corrected chi connectivity index (χ3v) is 4.56. The minimum absolute atomic E-state index is 0.366. The topological polar surface area (TPSA) is 76.0 Å². The molecule has 20 heavy (non-hydrogen) atoms. The molecule has 0 aromatic heterocycles. The van der Waals surface area contributed by atoms with Gasteiger partial charge in [0.1, 0.15) is 11.5 Å². The van der Waals surface area contributed by atoms with Gasteiger partial charge in [0.2, 0.25) is 0 Å². The van der Waals surface area contributed by atoms with Gasteiger partial charge in [-0.05, 0) is 41.6 Å². The van der Waals surface area contributed by atoms with Crippen LogP contribution >= 0.6 is 15.9 Å². The summed E-state index contributed by atoms with van der Waals surface area (Å²) in [7, 11) is 0. The summed E-state index contributed by atoms with van der Waals surface area (Å²) in [6.07, 6.45) is 1.56. The third-order valence-electron chi connectivity index (χ3n) is 3.72. The van der Waals surface area contributed by atoms with Crippen molar-refractivity contribution in [2.75, 3.05) is 13.2 Å². The molecule has 2 heterocycles. The van der Waals surface area contributed by atoms with Gasteiger partial charge < -0.3 is 19.7 Å². The maximum atomic E-state index is 11.2. The Morgan fingerprint density at radius 1 is 1.10 bits per heavy atom. The number of hydrogen-bond acceptors (Lipinski definition) is 4. The van der Waals surface area contributed by atoms with Crippen LogP contribution in [0.3, 0.4) is 0 Å². The number of aliphatic hydroxyl groups is 1. The van der Waals surface area contributed by atoms with Crippen LogP contribution in [-0.4, -0.2) is 29.4 Å². The van der Waals surface area contributed by atoms with Gasteiger partial charge in [0, 0.05) is 16.7 Å². The third kappa shape index (κ3) is 2.07. The molecule has 0 spiro atoms. The second kappa shape index (κ2) is 5.26. The molecule has 2 aliphatic rings. The molecule has 3 rings (SSSR count). The van der Waals surface area contributed by atoms with E-state index in [0.717, 1.165) is 34.9 Å². The number of ether oxygens (including phenoxy) is 2. The van der Waals surface area contributed by atoms with Crippen LogP contribution in [0.15, 0.2) is 4.47 Å². The van der Waals surface area contributed by atoms with E-state index in [-0.39, 0.29) is 0 Å². The van der Waals surface area contributed by atoms with Crippen molar-refractivity contribution in [3.8, 4) is 11.5 Å². The molecule has 1 aromatic carbocycles. The Morgan fingerprint density at radius 2 is 1.70 bits per heavy atom. The standard InChI is InChI=1S/C14H15BrO5/c15-10-8-4-2-5-19-12(8)9(11(16)14(17)18)7-3-1-6-20-13(7)10/h11,16H,1-6H2,(H,17,18). The van der Waals surface area contributed by atoms with Crippen LogP contribution in [0.4, 0.5) is 0 Å². The average Bonchev–Trinajstić information content (AvgIpc) is 2.47. The van der Waals surface area contributed by atoms with Crippen molar-refractivity contribution in [3.05, 3.63) is 21.2 Å². The van der Waals surface area contributed by atoms with Crippen molar-refractivity contribution in [2.24, 2.45) is 0 Å². The summed E-state index contributed by atoms with van der Waals surface area (Å²) in [5.41, 5.74) is 2.01. The highest BCUT2D eigenvalue weighted by Gasteiger charge is 2.33. The molecule has 0 bridgehead atoms. The first kappa shape index (κ1) is 13.7. The number of carbonyl (C=O) groups is 1. The van der Waals surface area contributed by atoms with Crippen molar-refractivity contribution in [1.82, 2.24) is 0 Å². The van der Waals surface area contributed by atoms with Gasteiger partial charge in [0.05, 0.1) is 17.7 Å². The molecule has 0 saturated heterocycles. The van der Waals surface area contributed by atoms with E-state index >= 15 is 0 Å². The first-order chi connectivity index (χ1) is 9.61. The van der Waals surface area contributed by atoms with Crippen LogP contribution in [0.25, 0.3) is 0 Å². The quantitative estimate of drug-likeness (QED) is 0.861. The number of hydrogen-bond donors (Lipinski definition) is 2. The number of halogens is 1. The van der Waals surface area contributed by atoms with Gasteiger partial charge in [0.25, 0.3) is 0 Å². The fourth-order valence-electron chi connectivity index (χ4n) is 2.84. The lowest BCUT2D eigenvalue weighted by Crippen LogP contribution is -2.22. The van der Waals surface area contributed by atoms with Gasteiger partial charge in [-0.15, -0.1) is 0 Å². The van der Waals surface area contributed by atoms with Gasteiger partial charge in [0.15, 0.2) is 6.10 Å². The number of carboxylic acids is 1. The minimum atomic E-state index is -1.58. The zero-order chi connectivity index (χ0) is 14.3. The highest BCUT2D eigenvalue weighted by Crippen LogP contribution is 2.48. The van der Waals surface area contributed by atoms with Crippen molar-refractivity contribution >= 4 is 21.9 Å². The summed E-state index contributed by atoms with van der Waals surface area (Å²) < 4.78 is 12.2. The van der Waals surface area contributed by atoms with E-state index in [9.17, 15) is 9.90 Å². The van der Waals surface area contributed by atoms with E-state index < -0.39 is 12.1 Å². The molecule has 0 aliphatic carbocycles. The van der Waals surface area contributed by atoms with Gasteiger partial charge >= 0.3 is 5.97 Å². The highest BCUT2D eigenvalue weighted by atomic mass is 79.9. The lowest BCUT2D eigenvalue weighted by Gasteiger charge is -2.30. The Bertz CT molecular complexity index is 532. The van der Waals surface area contributed by atoms with E-state index in [1.807, 2.05) is 0 Å². The Labute approximate surface area is 124 Å².